The second-order valence-electron chi connectivity index (χ2n) is 12.2. The summed E-state index contributed by atoms with van der Waals surface area (Å²) in [5.41, 5.74) is 7.49. The monoisotopic (exact) mass is 645 g/mol. The maximum atomic E-state index is 11.9. The van der Waals surface area contributed by atoms with Crippen molar-refractivity contribution in [2.24, 2.45) is 0 Å². The van der Waals surface area contributed by atoms with E-state index in [0.717, 1.165) is 70.8 Å². The molecule has 0 radical (unpaired) electrons. The number of benzene rings is 3. The van der Waals surface area contributed by atoms with Gasteiger partial charge < -0.3 is 34.1 Å². The molecule has 9 nitrogen and oxygen atoms in total. The Kier molecular flexibility index (Phi) is 9.42. The van der Waals surface area contributed by atoms with Crippen LogP contribution in [0.5, 0.6) is 11.5 Å². The average Bonchev–Trinajstić information content (AvgIpc) is 3.25. The number of hydrogen-bond acceptors (Lipinski definition) is 6. The highest BCUT2D eigenvalue weighted by atomic mass is 35.5. The van der Waals surface area contributed by atoms with Crippen LogP contribution in [0.3, 0.4) is 0 Å². The summed E-state index contributed by atoms with van der Waals surface area (Å²) in [5, 5.41) is 13.8. The van der Waals surface area contributed by atoms with Gasteiger partial charge in [-0.2, -0.15) is 0 Å². The number of rotatable bonds is 7. The molecule has 10 heteroatoms. The molecule has 0 bridgehead atoms. The number of morpholine rings is 1. The maximum Gasteiger partial charge on any atom is 0.335 e. The second kappa shape index (κ2) is 13.6. The van der Waals surface area contributed by atoms with Crippen molar-refractivity contribution in [1.29, 1.82) is 0 Å². The van der Waals surface area contributed by atoms with Gasteiger partial charge in [-0.1, -0.05) is 25.3 Å². The average molecular weight is 646 g/mol. The van der Waals surface area contributed by atoms with Crippen molar-refractivity contribution < 1.29 is 28.9 Å². The number of carboxylic acids is 1. The van der Waals surface area contributed by atoms with Crippen LogP contribution >= 0.6 is 12.4 Å². The zero-order chi connectivity index (χ0) is 30.9. The van der Waals surface area contributed by atoms with Crippen LogP contribution in [0.15, 0.2) is 54.6 Å². The molecule has 0 unspecified atom stereocenters. The number of aromatic nitrogens is 1. The highest BCUT2D eigenvalue weighted by Crippen LogP contribution is 2.48. The van der Waals surface area contributed by atoms with Gasteiger partial charge in [-0.25, -0.2) is 4.79 Å². The molecule has 2 N–H and O–H groups in total. The zero-order valence-corrected chi connectivity index (χ0v) is 26.9. The molecule has 0 atom stereocenters. The molecule has 2 fully saturated rings. The number of carbonyl (C=O) groups is 2. The van der Waals surface area contributed by atoms with E-state index in [-0.39, 0.29) is 18.3 Å². The molecule has 7 rings (SSSR count). The third-order valence-corrected chi connectivity index (χ3v) is 9.29. The van der Waals surface area contributed by atoms with Crippen LogP contribution in [0.25, 0.3) is 22.2 Å². The minimum Gasteiger partial charge on any atom is -0.491 e. The predicted octanol–water partition coefficient (Wildman–Crippen LogP) is 7.24. The number of amides is 1. The fraction of sp³-hybridized carbons (Fsp3) is 0.389. The first-order valence-electron chi connectivity index (χ1n) is 16.0. The molecule has 4 aromatic rings. The molecule has 3 heterocycles. The standard InChI is InChI=1S/C36H39N3O6.ClH/c1-23(40)37-27-8-12-31(38-13-16-43-17-14-38)26(19-27)22-45-28-9-11-30-33(21-28)44-18-15-39-32-20-25(36(41)42)7-10-29(32)34(35(30)39)24-5-3-2-4-6-24;/h7-12,19-21,24H,2-6,13-18,22H2,1H3,(H,37,40)(H,41,42);1H. The Bertz CT molecular complexity index is 1760. The van der Waals surface area contributed by atoms with Gasteiger partial charge in [-0.3, -0.25) is 4.79 Å². The number of halogens is 1. The Labute approximate surface area is 274 Å². The molecule has 46 heavy (non-hydrogen) atoms. The minimum absolute atomic E-state index is 0. The van der Waals surface area contributed by atoms with E-state index < -0.39 is 5.97 Å². The van der Waals surface area contributed by atoms with Crippen LogP contribution in [-0.4, -0.2) is 54.5 Å². The molecule has 0 spiro atoms. The molecule has 2 aliphatic heterocycles. The number of ether oxygens (including phenoxy) is 3. The number of fused-ring (bicyclic) bond motifs is 5. The summed E-state index contributed by atoms with van der Waals surface area (Å²) in [7, 11) is 0. The lowest BCUT2D eigenvalue weighted by Crippen LogP contribution is -2.36. The molecule has 1 saturated carbocycles. The Hall–Kier alpha value is -4.21. The molecule has 242 valence electrons. The number of hydrogen-bond donors (Lipinski definition) is 2. The van der Waals surface area contributed by atoms with E-state index in [1.54, 1.807) is 6.07 Å². The number of carboxylic acid groups (broad SMARTS) is 1. The number of nitrogens with zero attached hydrogens (tertiary/aromatic N) is 2. The van der Waals surface area contributed by atoms with Crippen LogP contribution < -0.4 is 19.7 Å². The zero-order valence-electron chi connectivity index (χ0n) is 26.0. The van der Waals surface area contributed by atoms with Gasteiger partial charge in [0, 0.05) is 59.5 Å². The molecule has 1 amide bonds. The summed E-state index contributed by atoms with van der Waals surface area (Å²) in [6.07, 6.45) is 5.93. The molecular weight excluding hydrogens is 606 g/mol. The van der Waals surface area contributed by atoms with E-state index in [4.69, 9.17) is 14.2 Å². The summed E-state index contributed by atoms with van der Waals surface area (Å²) in [6.45, 7) is 5.87. The Morgan fingerprint density at radius 1 is 0.957 bits per heavy atom. The van der Waals surface area contributed by atoms with Crippen LogP contribution in [0.1, 0.15) is 66.4 Å². The van der Waals surface area contributed by atoms with E-state index >= 15 is 0 Å². The maximum absolute atomic E-state index is 11.9. The molecule has 1 aromatic heterocycles. The first-order chi connectivity index (χ1) is 22.0. The second-order valence-corrected chi connectivity index (χ2v) is 12.2. The highest BCUT2D eigenvalue weighted by molar-refractivity contribution is 5.99. The quantitative estimate of drug-likeness (QED) is 0.218. The predicted molar refractivity (Wildman–Crippen MR) is 181 cm³/mol. The Morgan fingerprint density at radius 2 is 1.76 bits per heavy atom. The van der Waals surface area contributed by atoms with Crippen LogP contribution in [0, 0.1) is 0 Å². The lowest BCUT2D eigenvalue weighted by atomic mass is 9.81. The smallest absolute Gasteiger partial charge is 0.335 e. The summed E-state index contributed by atoms with van der Waals surface area (Å²) in [4.78, 5) is 25.9. The van der Waals surface area contributed by atoms with E-state index in [0.29, 0.717) is 50.2 Å². The number of nitrogens with one attached hydrogen (secondary N) is 1. The van der Waals surface area contributed by atoms with Gasteiger partial charge >= 0.3 is 5.97 Å². The summed E-state index contributed by atoms with van der Waals surface area (Å²) < 4.78 is 20.6. The molecule has 3 aliphatic rings. The third-order valence-electron chi connectivity index (χ3n) is 9.29. The van der Waals surface area contributed by atoms with Crippen LogP contribution in [0.2, 0.25) is 0 Å². The van der Waals surface area contributed by atoms with Gasteiger partial charge in [-0.05, 0) is 66.8 Å². The number of aromatic carboxylic acids is 1. The van der Waals surface area contributed by atoms with E-state index in [9.17, 15) is 14.7 Å². The molecule has 1 saturated heterocycles. The number of anilines is 2. The molecule has 3 aromatic carbocycles. The third kappa shape index (κ3) is 6.26. The van der Waals surface area contributed by atoms with Crippen molar-refractivity contribution in [2.75, 3.05) is 43.1 Å². The van der Waals surface area contributed by atoms with Crippen molar-refractivity contribution in [3.8, 4) is 22.8 Å². The summed E-state index contributed by atoms with van der Waals surface area (Å²) in [5.74, 6) is 0.851. The normalized spacial score (nSPS) is 16.4. The first-order valence-corrected chi connectivity index (χ1v) is 16.0. The Morgan fingerprint density at radius 3 is 2.52 bits per heavy atom. The van der Waals surface area contributed by atoms with Gasteiger partial charge in [0.25, 0.3) is 0 Å². The largest absolute Gasteiger partial charge is 0.491 e. The molecule has 1 aliphatic carbocycles. The van der Waals surface area contributed by atoms with Gasteiger partial charge in [0.1, 0.15) is 24.7 Å². The summed E-state index contributed by atoms with van der Waals surface area (Å²) in [6, 6.07) is 17.5. The van der Waals surface area contributed by atoms with Crippen molar-refractivity contribution in [1.82, 2.24) is 4.57 Å². The van der Waals surface area contributed by atoms with Gasteiger partial charge in [0.2, 0.25) is 5.91 Å². The fourth-order valence-corrected chi connectivity index (χ4v) is 7.25. The topological polar surface area (TPSA) is 102 Å². The number of carbonyl (C=O) groups excluding carboxylic acids is 1. The van der Waals surface area contributed by atoms with Crippen molar-refractivity contribution in [3.05, 3.63) is 71.3 Å². The lowest BCUT2D eigenvalue weighted by Gasteiger charge is -2.31. The van der Waals surface area contributed by atoms with Crippen molar-refractivity contribution in [3.63, 3.8) is 0 Å². The van der Waals surface area contributed by atoms with Crippen LogP contribution in [-0.2, 0) is 22.7 Å². The Balaban J connectivity index is 0.00000372. The van der Waals surface area contributed by atoms with E-state index in [1.807, 2.05) is 42.5 Å². The first kappa shape index (κ1) is 31.8. The van der Waals surface area contributed by atoms with Crippen molar-refractivity contribution in [2.45, 2.75) is 58.1 Å². The van der Waals surface area contributed by atoms with Gasteiger partial charge in [-0.15, -0.1) is 12.4 Å². The molecular formula is C36H40ClN3O6. The highest BCUT2D eigenvalue weighted by Gasteiger charge is 2.30. The van der Waals surface area contributed by atoms with E-state index in [1.165, 1.54) is 31.7 Å². The van der Waals surface area contributed by atoms with Gasteiger partial charge in [0.05, 0.1) is 31.0 Å². The fourth-order valence-electron chi connectivity index (χ4n) is 7.25. The summed E-state index contributed by atoms with van der Waals surface area (Å²) >= 11 is 0. The minimum atomic E-state index is -0.918. The van der Waals surface area contributed by atoms with Gasteiger partial charge in [0.15, 0.2) is 0 Å². The van der Waals surface area contributed by atoms with E-state index in [2.05, 4.69) is 20.9 Å². The van der Waals surface area contributed by atoms with Crippen molar-refractivity contribution >= 4 is 46.6 Å². The van der Waals surface area contributed by atoms with Crippen LogP contribution in [0.4, 0.5) is 11.4 Å². The SMILES string of the molecule is CC(=O)Nc1ccc(N2CCOCC2)c(COc2ccc3c(c2)OCCn2c-3c(C3CCCCC3)c3ccc(C(=O)O)cc32)c1.Cl. The lowest BCUT2D eigenvalue weighted by molar-refractivity contribution is -0.114.